The number of thiophene rings is 1. The average molecular weight is 354 g/mol. The fraction of sp³-hybridized carbons (Fsp3) is 0.118. The second-order valence-corrected chi connectivity index (χ2v) is 7.24. The van der Waals surface area contributed by atoms with Gasteiger partial charge in [0.15, 0.2) is 0 Å². The predicted molar refractivity (Wildman–Crippen MR) is 97.4 cm³/mol. The molecule has 24 heavy (non-hydrogen) atoms. The van der Waals surface area contributed by atoms with Gasteiger partial charge in [0, 0.05) is 0 Å². The zero-order valence-electron chi connectivity index (χ0n) is 12.9. The van der Waals surface area contributed by atoms with Crippen LogP contribution in [0.15, 0.2) is 41.8 Å². The van der Waals surface area contributed by atoms with Crippen LogP contribution in [0, 0.1) is 6.92 Å². The first-order valence-electron chi connectivity index (χ1n) is 7.44. The highest BCUT2D eigenvalue weighted by atomic mass is 32.1. The number of aryl methyl sites for hydroxylation is 1. The number of imidazole rings is 1. The molecule has 4 rings (SSSR count). The number of carbonyl (C=O) groups is 1. The summed E-state index contributed by atoms with van der Waals surface area (Å²) in [4.78, 5) is 26.4. The molecule has 0 bridgehead atoms. The van der Waals surface area contributed by atoms with Crippen LogP contribution in [0.25, 0.3) is 20.9 Å². The maximum absolute atomic E-state index is 12.5. The number of hydrogen-bond donors (Lipinski definition) is 2. The molecule has 1 aromatic carbocycles. The van der Waals surface area contributed by atoms with E-state index in [0.717, 1.165) is 32.4 Å². The van der Waals surface area contributed by atoms with Crippen molar-refractivity contribution in [1.82, 2.24) is 20.3 Å². The summed E-state index contributed by atoms with van der Waals surface area (Å²) in [6.07, 6.45) is 0. The Kier molecular flexibility index (Phi) is 3.87. The largest absolute Gasteiger partial charge is 0.344 e. The van der Waals surface area contributed by atoms with E-state index in [2.05, 4.69) is 20.3 Å². The maximum Gasteiger partial charge on any atom is 0.263 e. The van der Waals surface area contributed by atoms with Crippen molar-refractivity contribution in [1.29, 1.82) is 0 Å². The van der Waals surface area contributed by atoms with Gasteiger partial charge in [-0.05, 0) is 30.5 Å². The summed E-state index contributed by atoms with van der Waals surface area (Å²) >= 11 is 3.05. The number of nitrogens with zero attached hydrogens (tertiary/aromatic N) is 2. The molecule has 5 nitrogen and oxygen atoms in total. The van der Waals surface area contributed by atoms with Gasteiger partial charge >= 0.3 is 0 Å². The molecule has 120 valence electrons. The highest BCUT2D eigenvalue weighted by Gasteiger charge is 2.17. The Balaban J connectivity index is 1.50. The summed E-state index contributed by atoms with van der Waals surface area (Å²) in [5.74, 6) is 0.624. The molecule has 0 aliphatic heterocycles. The number of H-pyrrole nitrogens is 1. The lowest BCUT2D eigenvalue weighted by Crippen LogP contribution is -2.23. The van der Waals surface area contributed by atoms with Gasteiger partial charge in [-0.1, -0.05) is 18.2 Å². The van der Waals surface area contributed by atoms with Crippen molar-refractivity contribution in [3.63, 3.8) is 0 Å². The van der Waals surface area contributed by atoms with Gasteiger partial charge < -0.3 is 10.3 Å². The molecule has 3 aromatic heterocycles. The average Bonchev–Trinajstić information content (AvgIpc) is 3.31. The van der Waals surface area contributed by atoms with Crippen LogP contribution in [-0.2, 0) is 6.54 Å². The Hall–Kier alpha value is -2.51. The Labute approximate surface area is 146 Å². The lowest BCUT2D eigenvalue weighted by Gasteiger charge is -2.01. The van der Waals surface area contributed by atoms with E-state index < -0.39 is 0 Å². The minimum absolute atomic E-state index is 0.117. The Bertz CT molecular complexity index is 968. The quantitative estimate of drug-likeness (QED) is 0.582. The van der Waals surface area contributed by atoms with Gasteiger partial charge in [0.05, 0.1) is 28.1 Å². The number of thiazole rings is 1. The molecule has 3 heterocycles. The smallest absolute Gasteiger partial charge is 0.263 e. The number of carbonyl (C=O) groups excluding carboxylic acids is 1. The molecule has 0 aliphatic rings. The highest BCUT2D eigenvalue weighted by molar-refractivity contribution is 7.22. The number of amides is 1. The minimum Gasteiger partial charge on any atom is -0.344 e. The van der Waals surface area contributed by atoms with Crippen molar-refractivity contribution in [3.05, 3.63) is 58.2 Å². The third-order valence-corrected chi connectivity index (χ3v) is 5.78. The van der Waals surface area contributed by atoms with E-state index in [1.54, 1.807) is 11.3 Å². The molecule has 4 aromatic rings. The standard InChI is InChI=1S/C17H14N4OS2/c1-10-15(24-17(19-10)13-7-4-8-23-13)16(22)18-9-14-20-11-5-2-3-6-12(11)21-14/h2-8H,9H2,1H3,(H,18,22)(H,20,21). The van der Waals surface area contributed by atoms with Crippen molar-refractivity contribution < 1.29 is 4.79 Å². The zero-order chi connectivity index (χ0) is 16.5. The van der Waals surface area contributed by atoms with E-state index in [-0.39, 0.29) is 5.91 Å². The summed E-state index contributed by atoms with van der Waals surface area (Å²) in [5, 5.41) is 5.81. The lowest BCUT2D eigenvalue weighted by molar-refractivity contribution is 0.0953. The number of benzene rings is 1. The molecule has 0 radical (unpaired) electrons. The van der Waals surface area contributed by atoms with E-state index >= 15 is 0 Å². The second-order valence-electron chi connectivity index (χ2n) is 5.29. The Morgan fingerprint density at radius 2 is 2.08 bits per heavy atom. The summed E-state index contributed by atoms with van der Waals surface area (Å²) < 4.78 is 0. The van der Waals surface area contributed by atoms with Crippen molar-refractivity contribution in [2.75, 3.05) is 0 Å². The first-order valence-corrected chi connectivity index (χ1v) is 9.13. The molecule has 0 saturated heterocycles. The summed E-state index contributed by atoms with van der Waals surface area (Å²) in [7, 11) is 0. The van der Waals surface area contributed by atoms with Gasteiger partial charge in [0.1, 0.15) is 15.7 Å². The van der Waals surface area contributed by atoms with Gasteiger partial charge in [0.25, 0.3) is 5.91 Å². The lowest BCUT2D eigenvalue weighted by atomic mass is 10.3. The Morgan fingerprint density at radius 3 is 2.88 bits per heavy atom. The van der Waals surface area contributed by atoms with Crippen LogP contribution in [0.4, 0.5) is 0 Å². The van der Waals surface area contributed by atoms with Crippen LogP contribution >= 0.6 is 22.7 Å². The number of rotatable bonds is 4. The summed E-state index contributed by atoms with van der Waals surface area (Å²) in [6.45, 7) is 2.23. The summed E-state index contributed by atoms with van der Waals surface area (Å²) in [6, 6.07) is 11.8. The first-order chi connectivity index (χ1) is 11.7. The van der Waals surface area contributed by atoms with E-state index in [4.69, 9.17) is 0 Å². The van der Waals surface area contributed by atoms with Gasteiger partial charge in [-0.2, -0.15) is 0 Å². The summed E-state index contributed by atoms with van der Waals surface area (Å²) in [5.41, 5.74) is 2.62. The van der Waals surface area contributed by atoms with Crippen molar-refractivity contribution in [2.24, 2.45) is 0 Å². The fourth-order valence-corrected chi connectivity index (χ4v) is 4.23. The highest BCUT2D eigenvalue weighted by Crippen LogP contribution is 2.31. The number of fused-ring (bicyclic) bond motifs is 1. The van der Waals surface area contributed by atoms with Gasteiger partial charge in [-0.3, -0.25) is 4.79 Å². The third-order valence-electron chi connectivity index (χ3n) is 3.59. The normalized spacial score (nSPS) is 11.0. The van der Waals surface area contributed by atoms with Crippen molar-refractivity contribution >= 4 is 39.6 Å². The molecule has 7 heteroatoms. The molecule has 0 atom stereocenters. The van der Waals surface area contributed by atoms with E-state index in [9.17, 15) is 4.79 Å². The van der Waals surface area contributed by atoms with Crippen LogP contribution in [0.1, 0.15) is 21.2 Å². The van der Waals surface area contributed by atoms with Crippen LogP contribution in [0.5, 0.6) is 0 Å². The van der Waals surface area contributed by atoms with Crippen molar-refractivity contribution in [2.45, 2.75) is 13.5 Å². The van der Waals surface area contributed by atoms with E-state index in [1.807, 2.05) is 48.7 Å². The van der Waals surface area contributed by atoms with E-state index in [0.29, 0.717) is 11.4 Å². The molecule has 1 amide bonds. The van der Waals surface area contributed by atoms with Crippen LogP contribution in [0.3, 0.4) is 0 Å². The second kappa shape index (κ2) is 6.18. The SMILES string of the molecule is Cc1nc(-c2cccs2)sc1C(=O)NCc1nc2ccccc2[nH]1. The first kappa shape index (κ1) is 15.0. The molecule has 0 saturated carbocycles. The zero-order valence-corrected chi connectivity index (χ0v) is 14.5. The molecular weight excluding hydrogens is 340 g/mol. The molecule has 0 fully saturated rings. The number of para-hydroxylation sites is 2. The van der Waals surface area contributed by atoms with Gasteiger partial charge in [0.2, 0.25) is 0 Å². The topological polar surface area (TPSA) is 70.7 Å². The predicted octanol–water partition coefficient (Wildman–Crippen LogP) is 3.99. The molecule has 0 aliphatic carbocycles. The minimum atomic E-state index is -0.117. The fourth-order valence-electron chi connectivity index (χ4n) is 2.45. The van der Waals surface area contributed by atoms with Crippen molar-refractivity contribution in [3.8, 4) is 9.88 Å². The van der Waals surface area contributed by atoms with Crippen LogP contribution in [0.2, 0.25) is 0 Å². The molecular formula is C17H14N4OS2. The Morgan fingerprint density at radius 1 is 1.21 bits per heavy atom. The van der Waals surface area contributed by atoms with Gasteiger partial charge in [-0.15, -0.1) is 22.7 Å². The third kappa shape index (κ3) is 2.83. The van der Waals surface area contributed by atoms with E-state index in [1.165, 1.54) is 11.3 Å². The number of aromatic nitrogens is 3. The maximum atomic E-state index is 12.5. The number of aromatic amines is 1. The monoisotopic (exact) mass is 354 g/mol. The number of nitrogens with one attached hydrogen (secondary N) is 2. The molecule has 0 unspecified atom stereocenters. The molecule has 2 N–H and O–H groups in total. The number of hydrogen-bond acceptors (Lipinski definition) is 5. The van der Waals surface area contributed by atoms with Crippen LogP contribution in [-0.4, -0.2) is 20.9 Å². The van der Waals surface area contributed by atoms with Crippen LogP contribution < -0.4 is 5.32 Å². The van der Waals surface area contributed by atoms with Gasteiger partial charge in [-0.25, -0.2) is 9.97 Å². The molecule has 0 spiro atoms.